The molecular formula is C16H9BrClN3O2S2. The topological polar surface area (TPSA) is 68.0 Å². The maximum Gasteiger partial charge on any atom is 0.269 e. The number of rotatable bonds is 3. The van der Waals surface area contributed by atoms with Crippen LogP contribution in [-0.2, 0) is 0 Å². The van der Waals surface area contributed by atoms with Crippen LogP contribution in [0.4, 0.5) is 5.13 Å². The first kappa shape index (κ1) is 16.7. The van der Waals surface area contributed by atoms with Crippen LogP contribution in [0.25, 0.3) is 21.7 Å². The molecule has 4 aromatic rings. The SMILES string of the molecule is Cc1ccc2c(Cl)c(C(=O)Nc3nc(-c4ccc(Br)o4)ns3)sc2c1. The van der Waals surface area contributed by atoms with E-state index in [4.69, 9.17) is 16.0 Å². The summed E-state index contributed by atoms with van der Waals surface area (Å²) in [5.74, 6) is 0.648. The molecule has 1 N–H and O–H groups in total. The molecule has 3 heterocycles. The zero-order valence-corrected chi connectivity index (χ0v) is 16.6. The van der Waals surface area contributed by atoms with Gasteiger partial charge in [-0.3, -0.25) is 10.1 Å². The highest BCUT2D eigenvalue weighted by Gasteiger charge is 2.19. The van der Waals surface area contributed by atoms with E-state index >= 15 is 0 Å². The van der Waals surface area contributed by atoms with Crippen LogP contribution in [0.3, 0.4) is 0 Å². The smallest absolute Gasteiger partial charge is 0.269 e. The van der Waals surface area contributed by atoms with E-state index in [0.717, 1.165) is 27.2 Å². The Balaban J connectivity index is 1.60. The number of hydrogen-bond donors (Lipinski definition) is 1. The van der Waals surface area contributed by atoms with Crippen molar-refractivity contribution in [3.8, 4) is 11.6 Å². The van der Waals surface area contributed by atoms with Gasteiger partial charge in [-0.25, -0.2) is 0 Å². The molecular weight excluding hydrogens is 446 g/mol. The highest BCUT2D eigenvalue weighted by molar-refractivity contribution is 9.10. The molecule has 0 radical (unpaired) electrons. The number of carbonyl (C=O) groups is 1. The summed E-state index contributed by atoms with van der Waals surface area (Å²) in [6, 6.07) is 9.43. The van der Waals surface area contributed by atoms with Gasteiger partial charge in [0.1, 0.15) is 4.88 Å². The molecule has 0 atom stereocenters. The van der Waals surface area contributed by atoms with Gasteiger partial charge < -0.3 is 4.42 Å². The van der Waals surface area contributed by atoms with E-state index in [1.807, 2.05) is 25.1 Å². The number of thiophene rings is 1. The molecule has 0 saturated carbocycles. The first-order chi connectivity index (χ1) is 12.0. The van der Waals surface area contributed by atoms with Gasteiger partial charge in [0.2, 0.25) is 11.0 Å². The van der Waals surface area contributed by atoms with Crippen LogP contribution in [0.5, 0.6) is 0 Å². The minimum atomic E-state index is -0.299. The largest absolute Gasteiger partial charge is 0.446 e. The van der Waals surface area contributed by atoms with E-state index in [2.05, 4.69) is 30.6 Å². The maximum atomic E-state index is 12.6. The number of furan rings is 1. The number of nitrogens with zero attached hydrogens (tertiary/aromatic N) is 2. The Labute approximate surface area is 163 Å². The van der Waals surface area contributed by atoms with E-state index in [1.54, 1.807) is 12.1 Å². The second kappa shape index (κ2) is 6.53. The monoisotopic (exact) mass is 453 g/mol. The highest BCUT2D eigenvalue weighted by Crippen LogP contribution is 2.36. The van der Waals surface area contributed by atoms with Crippen molar-refractivity contribution in [1.29, 1.82) is 0 Å². The van der Waals surface area contributed by atoms with E-state index < -0.39 is 0 Å². The van der Waals surface area contributed by atoms with Gasteiger partial charge in [-0.05, 0) is 46.6 Å². The molecule has 0 unspecified atom stereocenters. The number of carbonyl (C=O) groups excluding carboxylic acids is 1. The molecule has 0 aliphatic heterocycles. The molecule has 5 nitrogen and oxygen atoms in total. The normalized spacial score (nSPS) is 11.2. The summed E-state index contributed by atoms with van der Waals surface area (Å²) in [7, 11) is 0. The van der Waals surface area contributed by atoms with Crippen molar-refractivity contribution in [2.45, 2.75) is 6.92 Å². The van der Waals surface area contributed by atoms with E-state index in [9.17, 15) is 4.79 Å². The van der Waals surface area contributed by atoms with Crippen LogP contribution in [-0.4, -0.2) is 15.3 Å². The summed E-state index contributed by atoms with van der Waals surface area (Å²) in [6.07, 6.45) is 0. The molecule has 0 saturated heterocycles. The van der Waals surface area contributed by atoms with Crippen molar-refractivity contribution in [2.75, 3.05) is 5.32 Å². The summed E-state index contributed by atoms with van der Waals surface area (Å²) in [5, 5.41) is 4.47. The van der Waals surface area contributed by atoms with Crippen molar-refractivity contribution < 1.29 is 9.21 Å². The number of halogens is 2. The van der Waals surface area contributed by atoms with E-state index in [1.165, 1.54) is 11.3 Å². The molecule has 126 valence electrons. The number of anilines is 1. The van der Waals surface area contributed by atoms with Gasteiger partial charge in [0.25, 0.3) is 5.91 Å². The molecule has 0 fully saturated rings. The zero-order valence-electron chi connectivity index (χ0n) is 12.7. The van der Waals surface area contributed by atoms with Crippen molar-refractivity contribution in [3.05, 3.63) is 50.5 Å². The molecule has 4 rings (SSSR count). The summed E-state index contributed by atoms with van der Waals surface area (Å²) >= 11 is 12.1. The van der Waals surface area contributed by atoms with Crippen LogP contribution in [0.2, 0.25) is 5.02 Å². The van der Waals surface area contributed by atoms with Crippen molar-refractivity contribution in [3.63, 3.8) is 0 Å². The molecule has 0 bridgehead atoms. The third-order valence-electron chi connectivity index (χ3n) is 3.43. The number of nitrogens with one attached hydrogen (secondary N) is 1. The fourth-order valence-electron chi connectivity index (χ4n) is 2.28. The van der Waals surface area contributed by atoms with Crippen molar-refractivity contribution >= 4 is 71.5 Å². The van der Waals surface area contributed by atoms with Crippen LogP contribution in [0.1, 0.15) is 15.2 Å². The van der Waals surface area contributed by atoms with Crippen LogP contribution in [0, 0.1) is 6.92 Å². The lowest BCUT2D eigenvalue weighted by molar-refractivity contribution is 0.103. The first-order valence-electron chi connectivity index (χ1n) is 7.10. The number of fused-ring (bicyclic) bond motifs is 1. The van der Waals surface area contributed by atoms with Gasteiger partial charge in [-0.1, -0.05) is 23.7 Å². The fourth-order valence-corrected chi connectivity index (χ4v) is 4.67. The average Bonchev–Trinajstić information content (AvgIpc) is 3.27. The predicted molar refractivity (Wildman–Crippen MR) is 105 cm³/mol. The molecule has 0 aliphatic carbocycles. The third kappa shape index (κ3) is 3.22. The van der Waals surface area contributed by atoms with Gasteiger partial charge in [-0.2, -0.15) is 9.36 Å². The molecule has 1 aromatic carbocycles. The number of aromatic nitrogens is 2. The molecule has 0 aliphatic rings. The molecule has 3 aromatic heterocycles. The van der Waals surface area contributed by atoms with Crippen LogP contribution >= 0.6 is 50.4 Å². The molecule has 9 heteroatoms. The summed E-state index contributed by atoms with van der Waals surface area (Å²) in [4.78, 5) is 17.3. The number of benzene rings is 1. The minimum Gasteiger partial charge on any atom is -0.446 e. The zero-order chi connectivity index (χ0) is 17.6. The minimum absolute atomic E-state index is 0.299. The molecule has 1 amide bonds. The third-order valence-corrected chi connectivity index (χ3v) is 6.14. The van der Waals surface area contributed by atoms with Crippen molar-refractivity contribution in [1.82, 2.24) is 9.36 Å². The van der Waals surface area contributed by atoms with Gasteiger partial charge in [0.15, 0.2) is 10.4 Å². The average molecular weight is 455 g/mol. The Bertz CT molecular complexity index is 1100. The number of hydrogen-bond acceptors (Lipinski definition) is 6. The second-order valence-corrected chi connectivity index (χ2v) is 8.19. The summed E-state index contributed by atoms with van der Waals surface area (Å²) in [5.41, 5.74) is 1.12. The standard InChI is InChI=1S/C16H9BrClN3O2S2/c1-7-2-3-8-10(6-7)24-13(12(8)18)15(22)20-16-19-14(21-25-16)9-4-5-11(17)23-9/h2-6H,1H3,(H,19,20,21,22). The first-order valence-corrected chi connectivity index (χ1v) is 9.87. The highest BCUT2D eigenvalue weighted by atomic mass is 79.9. The second-order valence-electron chi connectivity index (χ2n) is 5.23. The quantitative estimate of drug-likeness (QED) is 0.413. The van der Waals surface area contributed by atoms with Crippen LogP contribution in [0.15, 0.2) is 39.4 Å². The Morgan fingerprint density at radius 3 is 2.92 bits per heavy atom. The lowest BCUT2D eigenvalue weighted by Gasteiger charge is -1.98. The van der Waals surface area contributed by atoms with Gasteiger partial charge in [0.05, 0.1) is 5.02 Å². The summed E-state index contributed by atoms with van der Waals surface area (Å²) < 4.78 is 11.2. The number of amides is 1. The Morgan fingerprint density at radius 2 is 2.16 bits per heavy atom. The van der Waals surface area contributed by atoms with Crippen LogP contribution < -0.4 is 5.32 Å². The Kier molecular flexibility index (Phi) is 4.36. The van der Waals surface area contributed by atoms with Gasteiger partial charge in [-0.15, -0.1) is 11.3 Å². The van der Waals surface area contributed by atoms with Gasteiger partial charge >= 0.3 is 0 Å². The lowest BCUT2D eigenvalue weighted by atomic mass is 10.2. The predicted octanol–water partition coefficient (Wildman–Crippen LogP) is 5.99. The summed E-state index contributed by atoms with van der Waals surface area (Å²) in [6.45, 7) is 2.00. The van der Waals surface area contributed by atoms with Crippen molar-refractivity contribution in [2.24, 2.45) is 0 Å². The molecule has 25 heavy (non-hydrogen) atoms. The maximum absolute atomic E-state index is 12.6. The van der Waals surface area contributed by atoms with E-state index in [0.29, 0.717) is 31.3 Å². The Hall–Kier alpha value is -1.74. The molecule has 0 spiro atoms. The van der Waals surface area contributed by atoms with E-state index in [-0.39, 0.29) is 5.91 Å². The number of aryl methyl sites for hydroxylation is 1. The fraction of sp³-hybridized carbons (Fsp3) is 0.0625. The van der Waals surface area contributed by atoms with Gasteiger partial charge in [0, 0.05) is 21.6 Å². The lowest BCUT2D eigenvalue weighted by Crippen LogP contribution is -2.10. The Morgan fingerprint density at radius 1 is 1.32 bits per heavy atom.